The molecule has 0 aliphatic heterocycles. The Labute approximate surface area is 121 Å². The molecule has 0 bridgehead atoms. The van der Waals surface area contributed by atoms with Crippen LogP contribution in [-0.2, 0) is 11.2 Å². The van der Waals surface area contributed by atoms with E-state index in [4.69, 9.17) is 5.26 Å². The summed E-state index contributed by atoms with van der Waals surface area (Å²) in [5.41, 5.74) is 1.59. The fraction of sp³-hybridized carbons (Fsp3) is 0.529. The van der Waals surface area contributed by atoms with Gasteiger partial charge in [-0.25, -0.2) is 0 Å². The van der Waals surface area contributed by atoms with E-state index in [-0.39, 0.29) is 5.91 Å². The molecule has 1 aromatic rings. The van der Waals surface area contributed by atoms with Crippen LogP contribution in [0.3, 0.4) is 0 Å². The van der Waals surface area contributed by atoms with E-state index >= 15 is 0 Å². The number of rotatable bonds is 4. The van der Waals surface area contributed by atoms with E-state index in [1.165, 1.54) is 19.3 Å². The Bertz CT molecular complexity index is 479. The maximum Gasteiger partial charge on any atom is 0.224 e. The minimum atomic E-state index is 0.0923. The molecule has 20 heavy (non-hydrogen) atoms. The molecule has 0 unspecified atom stereocenters. The predicted molar refractivity (Wildman–Crippen MR) is 79.0 cm³/mol. The van der Waals surface area contributed by atoms with E-state index in [9.17, 15) is 4.79 Å². The van der Waals surface area contributed by atoms with Crippen molar-refractivity contribution in [1.29, 1.82) is 5.26 Å². The third-order valence-electron chi connectivity index (χ3n) is 4.24. The third kappa shape index (κ3) is 4.09. The molecular weight excluding hydrogens is 248 g/mol. The van der Waals surface area contributed by atoms with Crippen LogP contribution in [0.2, 0.25) is 0 Å². The molecule has 1 aliphatic rings. The van der Waals surface area contributed by atoms with Gasteiger partial charge in [0.2, 0.25) is 5.91 Å². The highest BCUT2D eigenvalue weighted by Gasteiger charge is 2.21. The molecule has 1 aromatic carbocycles. The molecule has 0 spiro atoms. The number of carbonyl (C=O) groups excluding carboxylic acids is 1. The molecule has 1 amide bonds. The van der Waals surface area contributed by atoms with Crippen molar-refractivity contribution in [3.8, 4) is 6.07 Å². The summed E-state index contributed by atoms with van der Waals surface area (Å²) < 4.78 is 0. The second kappa shape index (κ2) is 7.09. The van der Waals surface area contributed by atoms with Gasteiger partial charge in [-0.15, -0.1) is 0 Å². The smallest absolute Gasteiger partial charge is 0.224 e. The van der Waals surface area contributed by atoms with Crippen molar-refractivity contribution in [2.75, 3.05) is 0 Å². The summed E-state index contributed by atoms with van der Waals surface area (Å²) in [6, 6.07) is 9.66. The molecule has 3 heteroatoms. The van der Waals surface area contributed by atoms with Crippen LogP contribution in [-0.4, -0.2) is 11.9 Å². The molecule has 1 fully saturated rings. The van der Waals surface area contributed by atoms with Gasteiger partial charge < -0.3 is 5.32 Å². The first kappa shape index (κ1) is 14.6. The van der Waals surface area contributed by atoms with E-state index < -0.39 is 0 Å². The average Bonchev–Trinajstić information content (AvgIpc) is 2.49. The topological polar surface area (TPSA) is 52.9 Å². The highest BCUT2D eigenvalue weighted by Crippen LogP contribution is 2.26. The van der Waals surface area contributed by atoms with Crippen LogP contribution >= 0.6 is 0 Å². The SMILES string of the molecule is CCC1CCC(NC(=O)Cc2ccc(C#N)cc2)CC1. The van der Waals surface area contributed by atoms with Crippen LogP contribution in [0.1, 0.15) is 50.2 Å². The van der Waals surface area contributed by atoms with E-state index in [1.54, 1.807) is 12.1 Å². The van der Waals surface area contributed by atoms with Crippen LogP contribution in [0, 0.1) is 17.2 Å². The predicted octanol–water partition coefficient (Wildman–Crippen LogP) is 3.19. The summed E-state index contributed by atoms with van der Waals surface area (Å²) in [6.07, 6.45) is 6.34. The van der Waals surface area contributed by atoms with Gasteiger partial charge in [-0.05, 0) is 49.3 Å². The van der Waals surface area contributed by atoms with E-state index in [1.807, 2.05) is 12.1 Å². The molecule has 0 heterocycles. The minimum absolute atomic E-state index is 0.0923. The number of hydrogen-bond donors (Lipinski definition) is 1. The van der Waals surface area contributed by atoms with Crippen molar-refractivity contribution in [3.63, 3.8) is 0 Å². The monoisotopic (exact) mass is 270 g/mol. The lowest BCUT2D eigenvalue weighted by molar-refractivity contribution is -0.121. The summed E-state index contributed by atoms with van der Waals surface area (Å²) in [5, 5.41) is 11.9. The Morgan fingerprint density at radius 3 is 2.45 bits per heavy atom. The van der Waals surface area contributed by atoms with Crippen LogP contribution in [0.5, 0.6) is 0 Å². The standard InChI is InChI=1S/C17H22N2O/c1-2-13-7-9-16(10-8-13)19-17(20)11-14-3-5-15(12-18)6-4-14/h3-6,13,16H,2,7-11H2,1H3,(H,19,20). The van der Waals surface area contributed by atoms with Crippen molar-refractivity contribution in [3.05, 3.63) is 35.4 Å². The molecule has 3 nitrogen and oxygen atoms in total. The number of nitrogens with one attached hydrogen (secondary N) is 1. The lowest BCUT2D eigenvalue weighted by atomic mass is 9.84. The second-order valence-corrected chi connectivity index (χ2v) is 5.68. The molecule has 0 aromatic heterocycles. The van der Waals surface area contributed by atoms with Crippen molar-refractivity contribution in [1.82, 2.24) is 5.32 Å². The number of nitrogens with zero attached hydrogens (tertiary/aromatic N) is 1. The van der Waals surface area contributed by atoms with E-state index in [0.717, 1.165) is 24.3 Å². The number of carbonyl (C=O) groups is 1. The number of nitriles is 1. The molecule has 1 saturated carbocycles. The Kier molecular flexibility index (Phi) is 5.17. The van der Waals surface area contributed by atoms with E-state index in [0.29, 0.717) is 18.0 Å². The maximum atomic E-state index is 12.0. The van der Waals surface area contributed by atoms with Crippen molar-refractivity contribution in [2.45, 2.75) is 51.5 Å². The average molecular weight is 270 g/mol. The highest BCUT2D eigenvalue weighted by atomic mass is 16.1. The van der Waals surface area contributed by atoms with Gasteiger partial charge in [0.1, 0.15) is 0 Å². The van der Waals surface area contributed by atoms with Gasteiger partial charge in [-0.3, -0.25) is 4.79 Å². The lowest BCUT2D eigenvalue weighted by Gasteiger charge is -2.28. The Hall–Kier alpha value is -1.82. The number of benzene rings is 1. The first-order valence-corrected chi connectivity index (χ1v) is 7.49. The van der Waals surface area contributed by atoms with Crippen molar-refractivity contribution in [2.24, 2.45) is 5.92 Å². The number of hydrogen-bond acceptors (Lipinski definition) is 2. The Morgan fingerprint density at radius 1 is 1.25 bits per heavy atom. The van der Waals surface area contributed by atoms with Gasteiger partial charge in [0.15, 0.2) is 0 Å². The molecule has 0 atom stereocenters. The van der Waals surface area contributed by atoms with Gasteiger partial charge in [0.25, 0.3) is 0 Å². The maximum absolute atomic E-state index is 12.0. The summed E-state index contributed by atoms with van der Waals surface area (Å²) in [6.45, 7) is 2.24. The van der Waals surface area contributed by atoms with E-state index in [2.05, 4.69) is 18.3 Å². The van der Waals surface area contributed by atoms with Crippen LogP contribution in [0.25, 0.3) is 0 Å². The first-order valence-electron chi connectivity index (χ1n) is 7.49. The third-order valence-corrected chi connectivity index (χ3v) is 4.24. The largest absolute Gasteiger partial charge is 0.353 e. The molecule has 0 radical (unpaired) electrons. The summed E-state index contributed by atoms with van der Waals surface area (Å²) in [4.78, 5) is 12.0. The summed E-state index contributed by atoms with van der Waals surface area (Å²) >= 11 is 0. The number of amides is 1. The van der Waals surface area contributed by atoms with Gasteiger partial charge >= 0.3 is 0 Å². The minimum Gasteiger partial charge on any atom is -0.353 e. The van der Waals surface area contributed by atoms with Crippen molar-refractivity contribution >= 4 is 5.91 Å². The zero-order valence-electron chi connectivity index (χ0n) is 12.1. The van der Waals surface area contributed by atoms with Crippen LogP contribution in [0.4, 0.5) is 0 Å². The quantitative estimate of drug-likeness (QED) is 0.913. The summed E-state index contributed by atoms with van der Waals surface area (Å²) in [5.74, 6) is 0.941. The lowest BCUT2D eigenvalue weighted by Crippen LogP contribution is -2.38. The van der Waals surface area contributed by atoms with Crippen LogP contribution in [0.15, 0.2) is 24.3 Å². The molecule has 2 rings (SSSR count). The van der Waals surface area contributed by atoms with Gasteiger partial charge in [0.05, 0.1) is 18.1 Å². The zero-order chi connectivity index (χ0) is 14.4. The van der Waals surface area contributed by atoms with Crippen molar-refractivity contribution < 1.29 is 4.79 Å². The molecule has 106 valence electrons. The normalized spacial score (nSPS) is 22.0. The molecule has 0 saturated heterocycles. The Balaban J connectivity index is 1.79. The fourth-order valence-corrected chi connectivity index (χ4v) is 2.88. The molecule has 1 aliphatic carbocycles. The zero-order valence-corrected chi connectivity index (χ0v) is 12.1. The second-order valence-electron chi connectivity index (χ2n) is 5.68. The fourth-order valence-electron chi connectivity index (χ4n) is 2.88. The van der Waals surface area contributed by atoms with Gasteiger partial charge in [0, 0.05) is 6.04 Å². The van der Waals surface area contributed by atoms with Gasteiger partial charge in [-0.1, -0.05) is 25.5 Å². The van der Waals surface area contributed by atoms with Crippen LogP contribution < -0.4 is 5.32 Å². The summed E-state index contributed by atoms with van der Waals surface area (Å²) in [7, 11) is 0. The molecule has 1 N–H and O–H groups in total. The highest BCUT2D eigenvalue weighted by molar-refractivity contribution is 5.78. The van der Waals surface area contributed by atoms with Gasteiger partial charge in [-0.2, -0.15) is 5.26 Å². The first-order chi connectivity index (χ1) is 9.71. The molecular formula is C17H22N2O. The Morgan fingerprint density at radius 2 is 1.90 bits per heavy atom.